The van der Waals surface area contributed by atoms with Crippen molar-refractivity contribution in [2.45, 2.75) is 12.5 Å². The normalized spacial score (nSPS) is 12.2. The second-order valence-corrected chi connectivity index (χ2v) is 4.11. The van der Waals surface area contributed by atoms with E-state index < -0.39 is 0 Å². The first-order valence-corrected chi connectivity index (χ1v) is 6.00. The molecule has 0 radical (unpaired) electrons. The first-order chi connectivity index (χ1) is 9.26. The van der Waals surface area contributed by atoms with Gasteiger partial charge in [0.1, 0.15) is 0 Å². The zero-order valence-corrected chi connectivity index (χ0v) is 10.9. The molecule has 0 aliphatic carbocycles. The van der Waals surface area contributed by atoms with Gasteiger partial charge in [-0.1, -0.05) is 12.1 Å². The summed E-state index contributed by atoms with van der Waals surface area (Å²) in [5, 5.41) is 3.12. The van der Waals surface area contributed by atoms with Crippen LogP contribution in [0.15, 0.2) is 36.8 Å². The fraction of sp³-hybridized carbons (Fsp3) is 0.286. The van der Waals surface area contributed by atoms with E-state index in [1.807, 2.05) is 7.05 Å². The molecule has 0 saturated carbocycles. The summed E-state index contributed by atoms with van der Waals surface area (Å²) in [6.07, 6.45) is 5.40. The van der Waals surface area contributed by atoms with Crippen molar-refractivity contribution in [1.29, 1.82) is 0 Å². The Morgan fingerprint density at radius 3 is 2.84 bits per heavy atom. The maximum atomic E-state index is 14.1. The van der Waals surface area contributed by atoms with Crippen molar-refractivity contribution in [3.63, 3.8) is 0 Å². The van der Waals surface area contributed by atoms with Crippen LogP contribution in [0.4, 0.5) is 4.39 Å². The molecule has 19 heavy (non-hydrogen) atoms. The molecule has 2 rings (SSSR count). The van der Waals surface area contributed by atoms with Crippen LogP contribution in [0.5, 0.6) is 5.75 Å². The Bertz CT molecular complexity index is 533. The maximum Gasteiger partial charge on any atom is 0.168 e. The Morgan fingerprint density at radius 2 is 2.21 bits per heavy atom. The molecule has 2 aromatic rings. The van der Waals surface area contributed by atoms with Gasteiger partial charge in [-0.15, -0.1) is 0 Å². The molecule has 1 unspecified atom stereocenters. The fourth-order valence-corrected chi connectivity index (χ4v) is 1.94. The van der Waals surface area contributed by atoms with Crippen molar-refractivity contribution in [3.05, 3.63) is 53.9 Å². The van der Waals surface area contributed by atoms with Gasteiger partial charge in [-0.3, -0.25) is 9.97 Å². The highest BCUT2D eigenvalue weighted by Gasteiger charge is 2.16. The van der Waals surface area contributed by atoms with Crippen LogP contribution in [-0.4, -0.2) is 24.1 Å². The SMILES string of the molecule is CNC(Cc1cccc(OC)c1F)c1cnccn1. The van der Waals surface area contributed by atoms with Crippen LogP contribution >= 0.6 is 0 Å². The standard InChI is InChI=1S/C14H16FN3O/c1-16-11(12-9-17-6-7-18-12)8-10-4-3-5-13(19-2)14(10)15/h3-7,9,11,16H,8H2,1-2H3. The van der Waals surface area contributed by atoms with Crippen molar-refractivity contribution in [1.82, 2.24) is 15.3 Å². The monoisotopic (exact) mass is 261 g/mol. The van der Waals surface area contributed by atoms with Crippen molar-refractivity contribution >= 4 is 0 Å². The Labute approximate surface area is 111 Å². The highest BCUT2D eigenvalue weighted by atomic mass is 19.1. The van der Waals surface area contributed by atoms with Gasteiger partial charge in [0.25, 0.3) is 0 Å². The summed E-state index contributed by atoms with van der Waals surface area (Å²) in [6.45, 7) is 0. The fourth-order valence-electron chi connectivity index (χ4n) is 1.94. The third kappa shape index (κ3) is 3.06. The van der Waals surface area contributed by atoms with Crippen LogP contribution in [-0.2, 0) is 6.42 Å². The summed E-state index contributed by atoms with van der Waals surface area (Å²) in [7, 11) is 3.28. The van der Waals surface area contributed by atoms with Gasteiger partial charge in [0, 0.05) is 18.6 Å². The van der Waals surface area contributed by atoms with Gasteiger partial charge < -0.3 is 10.1 Å². The molecule has 100 valence electrons. The molecule has 5 heteroatoms. The summed E-state index contributed by atoms with van der Waals surface area (Å²) in [5.41, 5.74) is 1.37. The molecule has 4 nitrogen and oxygen atoms in total. The van der Waals surface area contributed by atoms with Crippen molar-refractivity contribution < 1.29 is 9.13 Å². The number of rotatable bonds is 5. The number of aromatic nitrogens is 2. The van der Waals surface area contributed by atoms with E-state index in [-0.39, 0.29) is 17.6 Å². The number of nitrogens with one attached hydrogen (secondary N) is 1. The van der Waals surface area contributed by atoms with Crippen LogP contribution in [0.25, 0.3) is 0 Å². The van der Waals surface area contributed by atoms with E-state index in [0.717, 1.165) is 5.69 Å². The van der Waals surface area contributed by atoms with Crippen molar-refractivity contribution in [2.24, 2.45) is 0 Å². The highest BCUT2D eigenvalue weighted by Crippen LogP contribution is 2.24. The molecule has 0 saturated heterocycles. The minimum Gasteiger partial charge on any atom is -0.494 e. The average Bonchev–Trinajstić information content (AvgIpc) is 2.47. The van der Waals surface area contributed by atoms with Crippen LogP contribution in [0.1, 0.15) is 17.3 Å². The number of halogens is 1. The van der Waals surface area contributed by atoms with Crippen LogP contribution in [0, 0.1) is 5.82 Å². The Hall–Kier alpha value is -2.01. The van der Waals surface area contributed by atoms with Gasteiger partial charge in [0.2, 0.25) is 0 Å². The Kier molecular flexibility index (Phi) is 4.41. The first-order valence-electron chi connectivity index (χ1n) is 6.00. The van der Waals surface area contributed by atoms with Gasteiger partial charge in [-0.25, -0.2) is 4.39 Å². The maximum absolute atomic E-state index is 14.1. The predicted molar refractivity (Wildman–Crippen MR) is 70.5 cm³/mol. The number of hydrogen-bond acceptors (Lipinski definition) is 4. The average molecular weight is 261 g/mol. The number of ether oxygens (including phenoxy) is 1. The van der Waals surface area contributed by atoms with Crippen LogP contribution < -0.4 is 10.1 Å². The molecule has 1 atom stereocenters. The molecule has 0 aliphatic rings. The molecule has 1 heterocycles. The molecule has 1 N–H and O–H groups in total. The van der Waals surface area contributed by atoms with Crippen molar-refractivity contribution in [2.75, 3.05) is 14.2 Å². The van der Waals surface area contributed by atoms with Gasteiger partial charge in [0.05, 0.1) is 18.8 Å². The minimum absolute atomic E-state index is 0.0877. The molecule has 1 aromatic heterocycles. The zero-order valence-electron chi connectivity index (χ0n) is 10.9. The number of likely N-dealkylation sites (N-methyl/N-ethyl adjacent to an activating group) is 1. The van der Waals surface area contributed by atoms with Gasteiger partial charge in [-0.05, 0) is 25.1 Å². The van der Waals surface area contributed by atoms with E-state index in [0.29, 0.717) is 12.0 Å². The molecule has 0 amide bonds. The van der Waals surface area contributed by atoms with Gasteiger partial charge in [-0.2, -0.15) is 0 Å². The van der Waals surface area contributed by atoms with Crippen LogP contribution in [0.2, 0.25) is 0 Å². The second-order valence-electron chi connectivity index (χ2n) is 4.11. The number of benzene rings is 1. The Morgan fingerprint density at radius 1 is 1.37 bits per heavy atom. The third-order valence-corrected chi connectivity index (χ3v) is 2.98. The third-order valence-electron chi connectivity index (χ3n) is 2.98. The van der Waals surface area contributed by atoms with E-state index in [4.69, 9.17) is 4.74 Å². The van der Waals surface area contributed by atoms with E-state index in [2.05, 4.69) is 15.3 Å². The minimum atomic E-state index is -0.325. The second kappa shape index (κ2) is 6.24. The van der Waals surface area contributed by atoms with Gasteiger partial charge >= 0.3 is 0 Å². The molecular formula is C14H16FN3O. The lowest BCUT2D eigenvalue weighted by molar-refractivity contribution is 0.382. The Balaban J connectivity index is 2.24. The lowest BCUT2D eigenvalue weighted by atomic mass is 10.0. The van der Waals surface area contributed by atoms with Gasteiger partial charge in [0.15, 0.2) is 11.6 Å². The molecule has 0 fully saturated rings. The summed E-state index contributed by atoms with van der Waals surface area (Å²) in [5.74, 6) is -0.0689. The summed E-state index contributed by atoms with van der Waals surface area (Å²) < 4.78 is 19.1. The van der Waals surface area contributed by atoms with Crippen molar-refractivity contribution in [3.8, 4) is 5.75 Å². The smallest absolute Gasteiger partial charge is 0.168 e. The lowest BCUT2D eigenvalue weighted by Crippen LogP contribution is -2.20. The van der Waals surface area contributed by atoms with E-state index >= 15 is 0 Å². The van der Waals surface area contributed by atoms with Crippen LogP contribution in [0.3, 0.4) is 0 Å². The zero-order chi connectivity index (χ0) is 13.7. The summed E-state index contributed by atoms with van der Waals surface area (Å²) >= 11 is 0. The molecule has 0 spiro atoms. The highest BCUT2D eigenvalue weighted by molar-refractivity contribution is 5.32. The quantitative estimate of drug-likeness (QED) is 0.895. The largest absolute Gasteiger partial charge is 0.494 e. The molecule has 1 aromatic carbocycles. The summed E-state index contributed by atoms with van der Waals surface area (Å²) in [6, 6.07) is 5.05. The van der Waals surface area contributed by atoms with E-state index in [1.54, 1.807) is 36.8 Å². The van der Waals surface area contributed by atoms with E-state index in [9.17, 15) is 4.39 Å². The molecule has 0 aliphatic heterocycles. The number of hydrogen-bond donors (Lipinski definition) is 1. The predicted octanol–water partition coefficient (Wildman–Crippen LogP) is 2.13. The molecule has 0 bridgehead atoms. The number of nitrogens with zero attached hydrogens (tertiary/aromatic N) is 2. The molecular weight excluding hydrogens is 245 g/mol. The first kappa shape index (κ1) is 13.4. The lowest BCUT2D eigenvalue weighted by Gasteiger charge is -2.16. The topological polar surface area (TPSA) is 47.0 Å². The number of methoxy groups -OCH3 is 1. The van der Waals surface area contributed by atoms with E-state index in [1.165, 1.54) is 7.11 Å². The summed E-state index contributed by atoms with van der Waals surface area (Å²) in [4.78, 5) is 8.27.